The molecule has 1 aromatic rings. The molecule has 0 amide bonds. The van der Waals surface area contributed by atoms with Crippen LogP contribution >= 0.6 is 0 Å². The monoisotopic (exact) mass is 290 g/mol. The van der Waals surface area contributed by atoms with Crippen molar-refractivity contribution in [1.82, 2.24) is 4.90 Å². The van der Waals surface area contributed by atoms with E-state index in [1.807, 2.05) is 0 Å². The maximum atomic E-state index is 13.4. The zero-order valence-corrected chi connectivity index (χ0v) is 12.6. The normalized spacial score (nSPS) is 21.0. The van der Waals surface area contributed by atoms with Gasteiger partial charge < -0.3 is 4.90 Å². The molecule has 0 spiro atoms. The van der Waals surface area contributed by atoms with E-state index in [9.17, 15) is 9.18 Å². The lowest BCUT2D eigenvalue weighted by Gasteiger charge is -2.39. The van der Waals surface area contributed by atoms with Crippen LogP contribution in [-0.4, -0.2) is 42.9 Å². The van der Waals surface area contributed by atoms with Gasteiger partial charge in [0.2, 0.25) is 0 Å². The minimum atomic E-state index is -0.339. The Bertz CT molecular complexity index is 518. The van der Waals surface area contributed by atoms with Crippen LogP contribution in [0.3, 0.4) is 0 Å². The number of carbonyl (C=O) groups excluding carboxylic acids is 1. The molecule has 114 valence electrons. The summed E-state index contributed by atoms with van der Waals surface area (Å²) in [6.45, 7) is 5.43. The average Bonchev–Trinajstić information content (AvgIpc) is 3.01. The molecule has 3 nitrogen and oxygen atoms in total. The molecule has 2 aliphatic rings. The van der Waals surface area contributed by atoms with Crippen molar-refractivity contribution in [2.24, 2.45) is 0 Å². The van der Waals surface area contributed by atoms with Crippen LogP contribution < -0.4 is 4.90 Å². The Kier molecular flexibility index (Phi) is 4.24. The van der Waals surface area contributed by atoms with Crippen molar-refractivity contribution in [3.63, 3.8) is 0 Å². The summed E-state index contributed by atoms with van der Waals surface area (Å²) in [5.74, 6) is -0.406. The van der Waals surface area contributed by atoms with Crippen LogP contribution in [0.4, 0.5) is 10.1 Å². The van der Waals surface area contributed by atoms with E-state index in [1.54, 1.807) is 6.07 Å². The minimum Gasteiger partial charge on any atom is -0.368 e. The molecule has 1 aliphatic carbocycles. The average molecular weight is 290 g/mol. The SMILES string of the molecule is CC(=O)c1cc(F)ccc1N1CCN(C2CCCC2)CC1. The number of anilines is 1. The predicted molar refractivity (Wildman–Crippen MR) is 82.4 cm³/mol. The third kappa shape index (κ3) is 3.10. The van der Waals surface area contributed by atoms with E-state index < -0.39 is 0 Å². The van der Waals surface area contributed by atoms with Gasteiger partial charge in [-0.2, -0.15) is 0 Å². The Labute approximate surface area is 125 Å². The van der Waals surface area contributed by atoms with E-state index in [2.05, 4.69) is 9.80 Å². The smallest absolute Gasteiger partial charge is 0.161 e. The van der Waals surface area contributed by atoms with Crippen LogP contribution in [0.15, 0.2) is 18.2 Å². The number of carbonyl (C=O) groups is 1. The van der Waals surface area contributed by atoms with Gasteiger partial charge in [0.25, 0.3) is 0 Å². The van der Waals surface area contributed by atoms with Crippen molar-refractivity contribution >= 4 is 11.5 Å². The fraction of sp³-hybridized carbons (Fsp3) is 0.588. The number of hydrogen-bond donors (Lipinski definition) is 0. The van der Waals surface area contributed by atoms with Gasteiger partial charge in [0, 0.05) is 43.5 Å². The van der Waals surface area contributed by atoms with Gasteiger partial charge in [-0.1, -0.05) is 12.8 Å². The Morgan fingerprint density at radius 1 is 1.14 bits per heavy atom. The zero-order chi connectivity index (χ0) is 14.8. The van der Waals surface area contributed by atoms with E-state index in [-0.39, 0.29) is 11.6 Å². The highest BCUT2D eigenvalue weighted by Gasteiger charge is 2.27. The first kappa shape index (κ1) is 14.5. The molecule has 21 heavy (non-hydrogen) atoms. The second kappa shape index (κ2) is 6.14. The summed E-state index contributed by atoms with van der Waals surface area (Å²) in [6, 6.07) is 5.32. The first-order valence-corrected chi connectivity index (χ1v) is 7.94. The molecular weight excluding hydrogens is 267 g/mol. The van der Waals surface area contributed by atoms with Crippen molar-refractivity contribution in [3.8, 4) is 0 Å². The fourth-order valence-electron chi connectivity index (χ4n) is 3.66. The van der Waals surface area contributed by atoms with Crippen LogP contribution in [0, 0.1) is 5.82 Å². The molecule has 0 atom stereocenters. The molecule has 0 bridgehead atoms. The van der Waals surface area contributed by atoms with Crippen molar-refractivity contribution in [3.05, 3.63) is 29.6 Å². The second-order valence-electron chi connectivity index (χ2n) is 6.18. The van der Waals surface area contributed by atoms with Crippen molar-refractivity contribution in [1.29, 1.82) is 0 Å². The first-order valence-electron chi connectivity index (χ1n) is 7.94. The number of piperazine rings is 1. The molecular formula is C17H23FN2O. The quantitative estimate of drug-likeness (QED) is 0.799. The van der Waals surface area contributed by atoms with Gasteiger partial charge in [-0.25, -0.2) is 4.39 Å². The minimum absolute atomic E-state index is 0.0669. The number of benzene rings is 1. The van der Waals surface area contributed by atoms with E-state index in [1.165, 1.54) is 44.7 Å². The maximum Gasteiger partial charge on any atom is 0.161 e. The Morgan fingerprint density at radius 2 is 1.81 bits per heavy atom. The highest BCUT2D eigenvalue weighted by Crippen LogP contribution is 2.27. The highest BCUT2D eigenvalue weighted by atomic mass is 19.1. The maximum absolute atomic E-state index is 13.4. The molecule has 4 heteroatoms. The van der Waals surface area contributed by atoms with Gasteiger partial charge in [0.1, 0.15) is 5.82 Å². The van der Waals surface area contributed by atoms with E-state index >= 15 is 0 Å². The molecule has 2 fully saturated rings. The van der Waals surface area contributed by atoms with E-state index in [0.29, 0.717) is 5.56 Å². The van der Waals surface area contributed by atoms with Gasteiger partial charge in [-0.05, 0) is 38.0 Å². The summed E-state index contributed by atoms with van der Waals surface area (Å²) >= 11 is 0. The number of Topliss-reactive ketones (excluding diaryl/α,β-unsaturated/α-hetero) is 1. The lowest BCUT2D eigenvalue weighted by atomic mass is 10.1. The lowest BCUT2D eigenvalue weighted by molar-refractivity contribution is 0.101. The standard InChI is InChI=1S/C17H23FN2O/c1-13(21)16-12-14(18)6-7-17(16)20-10-8-19(9-11-20)15-4-2-3-5-15/h6-7,12,15H,2-5,8-11H2,1H3. The summed E-state index contributed by atoms with van der Waals surface area (Å²) < 4.78 is 13.4. The number of ketones is 1. The van der Waals surface area contributed by atoms with E-state index in [4.69, 9.17) is 0 Å². The molecule has 0 aromatic heterocycles. The predicted octanol–water partition coefficient (Wildman–Crippen LogP) is 3.09. The number of hydrogen-bond acceptors (Lipinski definition) is 3. The molecule has 0 unspecified atom stereocenters. The van der Waals surface area contributed by atoms with Crippen LogP contribution in [-0.2, 0) is 0 Å². The Balaban J connectivity index is 1.70. The van der Waals surface area contributed by atoms with Crippen LogP contribution in [0.2, 0.25) is 0 Å². The third-order valence-electron chi connectivity index (χ3n) is 4.83. The number of nitrogens with zero attached hydrogens (tertiary/aromatic N) is 2. The molecule has 1 aliphatic heterocycles. The van der Waals surface area contributed by atoms with Crippen molar-refractivity contribution in [2.75, 3.05) is 31.1 Å². The second-order valence-corrected chi connectivity index (χ2v) is 6.18. The van der Waals surface area contributed by atoms with Gasteiger partial charge in [-0.3, -0.25) is 9.69 Å². The zero-order valence-electron chi connectivity index (χ0n) is 12.6. The molecule has 1 saturated carbocycles. The number of halogens is 1. The van der Waals surface area contributed by atoms with Crippen molar-refractivity contribution in [2.45, 2.75) is 38.6 Å². The molecule has 0 radical (unpaired) electrons. The molecule has 1 saturated heterocycles. The molecule has 1 aromatic carbocycles. The highest BCUT2D eigenvalue weighted by molar-refractivity contribution is 5.99. The van der Waals surface area contributed by atoms with Gasteiger partial charge in [-0.15, -0.1) is 0 Å². The van der Waals surface area contributed by atoms with Gasteiger partial charge >= 0.3 is 0 Å². The largest absolute Gasteiger partial charge is 0.368 e. The summed E-state index contributed by atoms with van der Waals surface area (Å²) in [7, 11) is 0. The summed E-state index contributed by atoms with van der Waals surface area (Å²) in [5, 5.41) is 0. The Morgan fingerprint density at radius 3 is 2.43 bits per heavy atom. The van der Waals surface area contributed by atoms with Crippen molar-refractivity contribution < 1.29 is 9.18 Å². The molecule has 3 rings (SSSR count). The topological polar surface area (TPSA) is 23.6 Å². The first-order chi connectivity index (χ1) is 10.1. The third-order valence-corrected chi connectivity index (χ3v) is 4.83. The summed E-state index contributed by atoms with van der Waals surface area (Å²) in [6.07, 6.45) is 5.37. The van der Waals surface area contributed by atoms with E-state index in [0.717, 1.165) is 37.9 Å². The summed E-state index contributed by atoms with van der Waals surface area (Å²) in [5.41, 5.74) is 1.39. The Hall–Kier alpha value is -1.42. The van der Waals surface area contributed by atoms with Crippen LogP contribution in [0.5, 0.6) is 0 Å². The van der Waals surface area contributed by atoms with Crippen LogP contribution in [0.25, 0.3) is 0 Å². The summed E-state index contributed by atoms with van der Waals surface area (Å²) in [4.78, 5) is 16.5. The molecule has 1 heterocycles. The number of rotatable bonds is 3. The fourth-order valence-corrected chi connectivity index (χ4v) is 3.66. The van der Waals surface area contributed by atoms with Gasteiger partial charge in [0.05, 0.1) is 0 Å². The van der Waals surface area contributed by atoms with Crippen LogP contribution in [0.1, 0.15) is 43.0 Å². The van der Waals surface area contributed by atoms with Gasteiger partial charge in [0.15, 0.2) is 5.78 Å². The molecule has 0 N–H and O–H groups in total. The lowest BCUT2D eigenvalue weighted by Crippen LogP contribution is -2.50.